The molecule has 158 valence electrons. The third kappa shape index (κ3) is 5.83. The van der Waals surface area contributed by atoms with E-state index < -0.39 is 10.7 Å². The minimum Gasteiger partial charge on any atom is -0.502 e. The number of hydrogen-bond donors (Lipinski definition) is 2. The minimum atomic E-state index is -2.51. The number of nitro benzene ring substituents is 1. The van der Waals surface area contributed by atoms with E-state index >= 15 is 0 Å². The van der Waals surface area contributed by atoms with Crippen LogP contribution in [0, 0.1) is 10.1 Å². The second kappa shape index (κ2) is 10.1. The van der Waals surface area contributed by atoms with E-state index in [1.165, 1.54) is 36.4 Å². The standard InChI is InChI=1S/C21H15F2N3O3S2/c22-21(23)31-17-10-6-15(7-11-17)24-20(30)18(25-12-2-1-3-13-25)19(27)14-4-8-16(9-5-14)26(28)29/h1-13,21H,(H-,24,27,30)/p+1. The van der Waals surface area contributed by atoms with E-state index in [2.05, 4.69) is 5.32 Å². The van der Waals surface area contributed by atoms with Gasteiger partial charge in [0.25, 0.3) is 17.1 Å². The molecule has 3 aromatic rings. The number of non-ortho nitro benzene ring substituents is 1. The zero-order valence-corrected chi connectivity index (χ0v) is 17.4. The van der Waals surface area contributed by atoms with Gasteiger partial charge in [-0.1, -0.05) is 30.0 Å². The van der Waals surface area contributed by atoms with Crippen molar-refractivity contribution in [1.29, 1.82) is 0 Å². The molecule has 0 saturated carbocycles. The van der Waals surface area contributed by atoms with Crippen LogP contribution < -0.4 is 9.88 Å². The van der Waals surface area contributed by atoms with Crippen LogP contribution in [0.25, 0.3) is 11.5 Å². The molecule has 2 aromatic carbocycles. The van der Waals surface area contributed by atoms with Crippen LogP contribution in [0.2, 0.25) is 0 Å². The number of hydrogen-bond acceptors (Lipinski definition) is 5. The van der Waals surface area contributed by atoms with Crippen molar-refractivity contribution in [2.24, 2.45) is 0 Å². The maximum absolute atomic E-state index is 12.5. The van der Waals surface area contributed by atoms with Crippen molar-refractivity contribution in [3.63, 3.8) is 0 Å². The summed E-state index contributed by atoms with van der Waals surface area (Å²) in [5.74, 6) is -2.70. The lowest BCUT2D eigenvalue weighted by molar-refractivity contribution is -0.575. The molecule has 31 heavy (non-hydrogen) atoms. The third-order valence-electron chi connectivity index (χ3n) is 4.10. The molecule has 10 heteroatoms. The number of thiocarbonyl (C=S) groups is 1. The van der Waals surface area contributed by atoms with Crippen LogP contribution in [0.4, 0.5) is 20.2 Å². The molecule has 1 aromatic heterocycles. The molecule has 0 fully saturated rings. The molecular weight excluding hydrogens is 444 g/mol. The van der Waals surface area contributed by atoms with Gasteiger partial charge >= 0.3 is 0 Å². The van der Waals surface area contributed by atoms with Crippen LogP contribution in [0.3, 0.4) is 0 Å². The first-order valence-electron chi connectivity index (χ1n) is 8.86. The van der Waals surface area contributed by atoms with Gasteiger partial charge in [0.15, 0.2) is 23.1 Å². The van der Waals surface area contributed by atoms with Gasteiger partial charge in [-0.3, -0.25) is 10.1 Å². The van der Waals surface area contributed by atoms with Crippen LogP contribution >= 0.6 is 24.0 Å². The van der Waals surface area contributed by atoms with Crippen molar-refractivity contribution in [2.75, 3.05) is 5.32 Å². The fourth-order valence-corrected chi connectivity index (χ4v) is 3.50. The van der Waals surface area contributed by atoms with E-state index in [0.717, 1.165) is 0 Å². The fourth-order valence-electron chi connectivity index (χ4n) is 2.68. The second-order valence-electron chi connectivity index (χ2n) is 6.14. The van der Waals surface area contributed by atoms with Gasteiger partial charge in [0.05, 0.1) is 4.92 Å². The van der Waals surface area contributed by atoms with Gasteiger partial charge in [-0.2, -0.15) is 13.3 Å². The second-order valence-corrected chi connectivity index (χ2v) is 7.61. The number of aromatic nitrogens is 1. The maximum atomic E-state index is 12.5. The largest absolute Gasteiger partial charge is 0.502 e. The Balaban J connectivity index is 1.94. The van der Waals surface area contributed by atoms with Crippen LogP contribution in [-0.4, -0.2) is 20.8 Å². The van der Waals surface area contributed by atoms with E-state index in [4.69, 9.17) is 12.2 Å². The Bertz CT molecular complexity index is 1110. The fraction of sp³-hybridized carbons (Fsp3) is 0.0476. The number of aliphatic hydroxyl groups is 1. The van der Waals surface area contributed by atoms with Gasteiger partial charge in [0, 0.05) is 40.4 Å². The van der Waals surface area contributed by atoms with Crippen LogP contribution in [-0.2, 0) is 0 Å². The number of nitrogens with one attached hydrogen (secondary N) is 1. The summed E-state index contributed by atoms with van der Waals surface area (Å²) in [6.07, 6.45) is 3.38. The van der Waals surface area contributed by atoms with Crippen LogP contribution in [0.1, 0.15) is 5.56 Å². The number of pyridine rings is 1. The lowest BCUT2D eigenvalue weighted by atomic mass is 10.1. The molecule has 0 atom stereocenters. The summed E-state index contributed by atoms with van der Waals surface area (Å²) in [6.45, 7) is 0. The summed E-state index contributed by atoms with van der Waals surface area (Å²) >= 11 is 5.94. The summed E-state index contributed by atoms with van der Waals surface area (Å²) in [5, 5.41) is 24.8. The molecule has 0 bridgehead atoms. The molecule has 0 radical (unpaired) electrons. The first kappa shape index (κ1) is 22.3. The molecule has 3 rings (SSSR count). The van der Waals surface area contributed by atoms with Gasteiger partial charge in [-0.15, -0.1) is 0 Å². The Morgan fingerprint density at radius 3 is 2.23 bits per heavy atom. The minimum absolute atomic E-state index is 0.104. The number of rotatable bonds is 7. The lowest BCUT2D eigenvalue weighted by Gasteiger charge is -2.10. The molecule has 0 aliphatic carbocycles. The van der Waals surface area contributed by atoms with Crippen molar-refractivity contribution in [3.05, 3.63) is 94.8 Å². The number of halogens is 2. The highest BCUT2D eigenvalue weighted by atomic mass is 32.2. The average Bonchev–Trinajstić information content (AvgIpc) is 2.75. The number of nitro groups is 1. The summed E-state index contributed by atoms with van der Waals surface area (Å²) in [4.78, 5) is 10.9. The normalized spacial score (nSPS) is 11.7. The number of benzene rings is 2. The van der Waals surface area contributed by atoms with Crippen LogP contribution in [0.15, 0.2) is 84.0 Å². The van der Waals surface area contributed by atoms with E-state index in [1.54, 1.807) is 47.3 Å². The molecule has 0 aliphatic heterocycles. The molecular formula is C21H16F2N3O3S2+. The van der Waals surface area contributed by atoms with E-state index in [9.17, 15) is 24.0 Å². The number of alkyl halides is 2. The van der Waals surface area contributed by atoms with Crippen LogP contribution in [0.5, 0.6) is 0 Å². The molecule has 0 unspecified atom stereocenters. The van der Waals surface area contributed by atoms with Crippen molar-refractivity contribution in [2.45, 2.75) is 10.7 Å². The smallest absolute Gasteiger partial charge is 0.288 e. The Morgan fingerprint density at radius 1 is 1.06 bits per heavy atom. The van der Waals surface area contributed by atoms with Crippen molar-refractivity contribution in [3.8, 4) is 0 Å². The Labute approximate surface area is 186 Å². The summed E-state index contributed by atoms with van der Waals surface area (Å²) in [5.41, 5.74) is 1.03. The molecule has 0 aliphatic rings. The monoisotopic (exact) mass is 460 g/mol. The molecule has 0 saturated heterocycles. The predicted molar refractivity (Wildman–Crippen MR) is 120 cm³/mol. The molecule has 0 amide bonds. The van der Waals surface area contributed by atoms with Gasteiger partial charge in [0.2, 0.25) is 0 Å². The zero-order chi connectivity index (χ0) is 22.4. The summed E-state index contributed by atoms with van der Waals surface area (Å²) in [7, 11) is 0. The van der Waals surface area contributed by atoms with E-state index in [0.29, 0.717) is 27.9 Å². The number of nitrogens with zero attached hydrogens (tertiary/aromatic N) is 2. The number of aliphatic hydroxyl groups excluding tert-OH is 1. The highest BCUT2D eigenvalue weighted by Crippen LogP contribution is 2.27. The van der Waals surface area contributed by atoms with Gasteiger partial charge in [-0.05, 0) is 36.4 Å². The Kier molecular flexibility index (Phi) is 7.27. The van der Waals surface area contributed by atoms with E-state index in [1.807, 2.05) is 0 Å². The topological polar surface area (TPSA) is 79.3 Å². The van der Waals surface area contributed by atoms with Crippen molar-refractivity contribution >= 4 is 51.8 Å². The SMILES string of the molecule is O=[N+]([O-])c1ccc(/C(O)=C(/C(=S)Nc2ccc(SC(F)F)cc2)[n+]2ccccc2)cc1. The predicted octanol–water partition coefficient (Wildman–Crippen LogP) is 5.52. The van der Waals surface area contributed by atoms with Gasteiger partial charge < -0.3 is 10.4 Å². The Morgan fingerprint density at radius 2 is 1.68 bits per heavy atom. The quantitative estimate of drug-likeness (QED) is 0.0919. The average molecular weight is 461 g/mol. The lowest BCUT2D eigenvalue weighted by Crippen LogP contribution is -2.38. The molecule has 2 N–H and O–H groups in total. The highest BCUT2D eigenvalue weighted by molar-refractivity contribution is 7.99. The zero-order valence-electron chi connectivity index (χ0n) is 15.8. The van der Waals surface area contributed by atoms with Gasteiger partial charge in [0.1, 0.15) is 0 Å². The third-order valence-corrected chi connectivity index (χ3v) is 5.12. The summed E-state index contributed by atoms with van der Waals surface area (Å²) < 4.78 is 26.6. The van der Waals surface area contributed by atoms with Crippen molar-refractivity contribution in [1.82, 2.24) is 0 Å². The maximum Gasteiger partial charge on any atom is 0.288 e. The number of anilines is 1. The first-order valence-corrected chi connectivity index (χ1v) is 10.1. The Hall–Kier alpha value is -3.37. The van der Waals surface area contributed by atoms with E-state index in [-0.39, 0.29) is 22.1 Å². The van der Waals surface area contributed by atoms with Gasteiger partial charge in [-0.25, -0.2) is 0 Å². The summed E-state index contributed by atoms with van der Waals surface area (Å²) in [6, 6.07) is 17.0. The van der Waals surface area contributed by atoms with Crippen molar-refractivity contribution < 1.29 is 23.4 Å². The number of thioether (sulfide) groups is 1. The molecule has 6 nitrogen and oxygen atoms in total. The molecule has 0 spiro atoms. The highest BCUT2D eigenvalue weighted by Gasteiger charge is 2.24. The molecule has 1 heterocycles. The first-order chi connectivity index (χ1) is 14.8.